The van der Waals surface area contributed by atoms with Crippen LogP contribution in [0.1, 0.15) is 36.1 Å². The lowest BCUT2D eigenvalue weighted by molar-refractivity contribution is 0.0395. The lowest BCUT2D eigenvalue weighted by Gasteiger charge is -2.34. The van der Waals surface area contributed by atoms with Crippen molar-refractivity contribution < 1.29 is 4.74 Å². The molecule has 1 aromatic carbocycles. The van der Waals surface area contributed by atoms with Crippen molar-refractivity contribution in [3.8, 4) is 0 Å². The molecule has 2 aliphatic rings. The highest BCUT2D eigenvalue weighted by Gasteiger charge is 2.27. The number of benzene rings is 1. The van der Waals surface area contributed by atoms with Crippen LogP contribution in [0.25, 0.3) is 0 Å². The Hall–Kier alpha value is -1.65. The quantitative estimate of drug-likeness (QED) is 0.867. The first-order valence-corrected chi connectivity index (χ1v) is 8.11. The topological polar surface area (TPSA) is 38.2 Å². The molecule has 4 rings (SSSR count). The molecule has 0 radical (unpaired) electrons. The zero-order valence-electron chi connectivity index (χ0n) is 12.3. The van der Waals surface area contributed by atoms with E-state index >= 15 is 0 Å². The summed E-state index contributed by atoms with van der Waals surface area (Å²) in [7, 11) is 0. The van der Waals surface area contributed by atoms with Gasteiger partial charge in [0.2, 0.25) is 0 Å². The zero-order valence-corrected chi connectivity index (χ0v) is 13.0. The van der Waals surface area contributed by atoms with Crippen molar-refractivity contribution in [2.75, 3.05) is 24.6 Å². The fourth-order valence-electron chi connectivity index (χ4n) is 2.87. The molecule has 1 saturated carbocycles. The maximum atomic E-state index is 5.96. The van der Waals surface area contributed by atoms with Crippen LogP contribution in [0, 0.1) is 0 Å². The number of morpholine rings is 1. The standard InChI is InChI=1S/C17H18ClN3O/c18-14-5-3-13(4-6-14)16-10-21(7-8-22-16)17-9-15(12-1-2-12)19-11-20-17/h3-6,9,11-12,16H,1-2,7-8,10H2. The van der Waals surface area contributed by atoms with Gasteiger partial charge < -0.3 is 9.64 Å². The zero-order chi connectivity index (χ0) is 14.9. The molecule has 1 unspecified atom stereocenters. The number of anilines is 1. The van der Waals surface area contributed by atoms with Crippen molar-refractivity contribution >= 4 is 17.4 Å². The minimum absolute atomic E-state index is 0.0605. The van der Waals surface area contributed by atoms with Crippen LogP contribution in [0.3, 0.4) is 0 Å². The van der Waals surface area contributed by atoms with E-state index in [1.807, 2.05) is 24.3 Å². The number of ether oxygens (including phenoxy) is 1. The van der Waals surface area contributed by atoms with Gasteiger partial charge in [-0.1, -0.05) is 23.7 Å². The Morgan fingerprint density at radius 3 is 2.73 bits per heavy atom. The van der Waals surface area contributed by atoms with Gasteiger partial charge in [-0.05, 0) is 30.5 Å². The Kier molecular flexibility index (Phi) is 3.72. The average molecular weight is 316 g/mol. The minimum atomic E-state index is 0.0605. The molecule has 0 amide bonds. The first-order chi connectivity index (χ1) is 10.8. The van der Waals surface area contributed by atoms with E-state index in [0.717, 1.165) is 29.5 Å². The van der Waals surface area contributed by atoms with Crippen LogP contribution in [-0.4, -0.2) is 29.7 Å². The molecular weight excluding hydrogens is 298 g/mol. The summed E-state index contributed by atoms with van der Waals surface area (Å²) >= 11 is 5.96. The minimum Gasteiger partial charge on any atom is -0.370 e. The Morgan fingerprint density at radius 2 is 1.95 bits per heavy atom. The molecule has 1 aliphatic heterocycles. The molecule has 0 N–H and O–H groups in total. The van der Waals surface area contributed by atoms with Crippen molar-refractivity contribution in [2.45, 2.75) is 24.9 Å². The second-order valence-electron chi connectivity index (χ2n) is 5.93. The number of halogens is 1. The molecule has 5 heteroatoms. The van der Waals surface area contributed by atoms with E-state index in [9.17, 15) is 0 Å². The second-order valence-corrected chi connectivity index (χ2v) is 6.37. The van der Waals surface area contributed by atoms with Gasteiger partial charge in [0.05, 0.1) is 6.61 Å². The molecular formula is C17H18ClN3O. The number of hydrogen-bond acceptors (Lipinski definition) is 4. The highest BCUT2D eigenvalue weighted by atomic mass is 35.5. The molecule has 1 atom stereocenters. The molecule has 114 valence electrons. The van der Waals surface area contributed by atoms with E-state index in [0.29, 0.717) is 12.5 Å². The summed E-state index contributed by atoms with van der Waals surface area (Å²) in [6.07, 6.45) is 4.26. The normalized spacial score (nSPS) is 21.9. The predicted molar refractivity (Wildman–Crippen MR) is 86.4 cm³/mol. The fourth-order valence-corrected chi connectivity index (χ4v) is 3.00. The first-order valence-electron chi connectivity index (χ1n) is 7.73. The highest BCUT2D eigenvalue weighted by molar-refractivity contribution is 6.30. The number of aromatic nitrogens is 2. The lowest BCUT2D eigenvalue weighted by Crippen LogP contribution is -2.38. The van der Waals surface area contributed by atoms with E-state index in [4.69, 9.17) is 16.3 Å². The summed E-state index contributed by atoms with van der Waals surface area (Å²) in [5.41, 5.74) is 2.34. The number of hydrogen-bond donors (Lipinski definition) is 0. The molecule has 4 nitrogen and oxygen atoms in total. The Bertz CT molecular complexity index is 657. The van der Waals surface area contributed by atoms with Crippen LogP contribution in [0.2, 0.25) is 5.02 Å². The molecule has 0 spiro atoms. The number of nitrogens with zero attached hydrogens (tertiary/aromatic N) is 3. The Balaban J connectivity index is 1.53. The number of rotatable bonds is 3. The molecule has 2 aromatic rings. The van der Waals surface area contributed by atoms with Gasteiger partial charge in [-0.2, -0.15) is 0 Å². The largest absolute Gasteiger partial charge is 0.370 e. The summed E-state index contributed by atoms with van der Waals surface area (Å²) in [5, 5.41) is 0.751. The van der Waals surface area contributed by atoms with Gasteiger partial charge in [0, 0.05) is 35.8 Å². The maximum absolute atomic E-state index is 5.96. The third-order valence-electron chi connectivity index (χ3n) is 4.30. The third kappa shape index (κ3) is 2.94. The SMILES string of the molecule is Clc1ccc(C2CN(c3cc(C4CC4)ncn3)CCO2)cc1. The fraction of sp³-hybridized carbons (Fsp3) is 0.412. The maximum Gasteiger partial charge on any atom is 0.132 e. The van der Waals surface area contributed by atoms with Gasteiger partial charge >= 0.3 is 0 Å². The Morgan fingerprint density at radius 1 is 1.14 bits per heavy atom. The molecule has 0 bridgehead atoms. The molecule has 1 aliphatic carbocycles. The van der Waals surface area contributed by atoms with E-state index in [1.54, 1.807) is 6.33 Å². The molecule has 1 saturated heterocycles. The molecule has 1 aromatic heterocycles. The van der Waals surface area contributed by atoms with Crippen LogP contribution in [0.15, 0.2) is 36.7 Å². The van der Waals surface area contributed by atoms with Gasteiger partial charge in [0.25, 0.3) is 0 Å². The summed E-state index contributed by atoms with van der Waals surface area (Å²) in [5.74, 6) is 1.66. The summed E-state index contributed by atoms with van der Waals surface area (Å²) in [6.45, 7) is 2.38. The van der Waals surface area contributed by atoms with E-state index < -0.39 is 0 Å². The van der Waals surface area contributed by atoms with Gasteiger partial charge in [-0.3, -0.25) is 0 Å². The highest BCUT2D eigenvalue weighted by Crippen LogP contribution is 2.39. The van der Waals surface area contributed by atoms with Crippen molar-refractivity contribution in [1.82, 2.24) is 9.97 Å². The van der Waals surface area contributed by atoms with Gasteiger partial charge in [-0.25, -0.2) is 9.97 Å². The van der Waals surface area contributed by atoms with Crippen LogP contribution in [0.4, 0.5) is 5.82 Å². The monoisotopic (exact) mass is 315 g/mol. The van der Waals surface area contributed by atoms with Crippen molar-refractivity contribution in [2.24, 2.45) is 0 Å². The van der Waals surface area contributed by atoms with Crippen LogP contribution in [0.5, 0.6) is 0 Å². The summed E-state index contributed by atoms with van der Waals surface area (Å²) in [6, 6.07) is 10.0. The van der Waals surface area contributed by atoms with Crippen molar-refractivity contribution in [1.29, 1.82) is 0 Å². The van der Waals surface area contributed by atoms with Crippen LogP contribution >= 0.6 is 11.6 Å². The lowest BCUT2D eigenvalue weighted by atomic mass is 10.1. The summed E-state index contributed by atoms with van der Waals surface area (Å²) < 4.78 is 5.92. The Labute approximate surface area is 135 Å². The molecule has 22 heavy (non-hydrogen) atoms. The summed E-state index contributed by atoms with van der Waals surface area (Å²) in [4.78, 5) is 11.1. The molecule has 2 fully saturated rings. The van der Waals surface area contributed by atoms with Gasteiger partial charge in [0.1, 0.15) is 18.2 Å². The first kappa shape index (κ1) is 14.0. The van der Waals surface area contributed by atoms with Gasteiger partial charge in [0.15, 0.2) is 0 Å². The molecule has 2 heterocycles. The average Bonchev–Trinajstić information content (AvgIpc) is 3.41. The van der Waals surface area contributed by atoms with E-state index in [-0.39, 0.29) is 6.10 Å². The van der Waals surface area contributed by atoms with Crippen molar-refractivity contribution in [3.05, 3.63) is 52.9 Å². The van der Waals surface area contributed by atoms with Crippen LogP contribution < -0.4 is 4.90 Å². The van der Waals surface area contributed by atoms with E-state index in [1.165, 1.54) is 18.5 Å². The third-order valence-corrected chi connectivity index (χ3v) is 4.55. The second kappa shape index (κ2) is 5.86. The predicted octanol–water partition coefficient (Wildman–Crippen LogP) is 3.59. The van der Waals surface area contributed by atoms with E-state index in [2.05, 4.69) is 20.9 Å². The van der Waals surface area contributed by atoms with Crippen molar-refractivity contribution in [3.63, 3.8) is 0 Å². The van der Waals surface area contributed by atoms with Gasteiger partial charge in [-0.15, -0.1) is 0 Å². The van der Waals surface area contributed by atoms with Crippen LogP contribution in [-0.2, 0) is 4.74 Å². The smallest absolute Gasteiger partial charge is 0.132 e.